The van der Waals surface area contributed by atoms with Gasteiger partial charge in [0.15, 0.2) is 0 Å². The molecule has 1 aliphatic rings. The molecule has 0 N–H and O–H groups in total. The smallest absolute Gasteiger partial charge is 0.243 e. The Hall–Kier alpha value is -2.78. The highest BCUT2D eigenvalue weighted by Gasteiger charge is 2.27. The van der Waals surface area contributed by atoms with Crippen molar-refractivity contribution in [2.45, 2.75) is 11.8 Å². The van der Waals surface area contributed by atoms with Crippen LogP contribution < -0.4 is 14.4 Å². The van der Waals surface area contributed by atoms with Crippen LogP contribution in [0.3, 0.4) is 0 Å². The first-order valence-corrected chi connectivity index (χ1v) is 11.6. The van der Waals surface area contributed by atoms with Crippen LogP contribution in [0.25, 0.3) is 0 Å². The van der Waals surface area contributed by atoms with Crippen LogP contribution in [0.15, 0.2) is 53.4 Å². The van der Waals surface area contributed by atoms with Crippen LogP contribution in [0.1, 0.15) is 6.92 Å². The molecule has 1 fully saturated rings. The maximum Gasteiger partial charge on any atom is 0.243 e. The van der Waals surface area contributed by atoms with Gasteiger partial charge in [-0.15, -0.1) is 0 Å². The summed E-state index contributed by atoms with van der Waals surface area (Å²) in [6, 6.07) is 14.0. The molecular formula is C22H29N3O5S. The molecule has 0 aliphatic carbocycles. The third-order valence-corrected chi connectivity index (χ3v) is 7.09. The van der Waals surface area contributed by atoms with Crippen LogP contribution in [0, 0.1) is 0 Å². The van der Waals surface area contributed by atoms with Gasteiger partial charge in [-0.05, 0) is 55.5 Å². The molecular weight excluding hydrogens is 418 g/mol. The summed E-state index contributed by atoms with van der Waals surface area (Å²) in [6.07, 6.45) is 0. The molecule has 0 unspecified atom stereocenters. The van der Waals surface area contributed by atoms with E-state index in [1.54, 1.807) is 24.1 Å². The molecule has 0 atom stereocenters. The summed E-state index contributed by atoms with van der Waals surface area (Å²) in [4.78, 5) is 16.8. The minimum absolute atomic E-state index is 0.135. The van der Waals surface area contributed by atoms with E-state index < -0.39 is 10.0 Å². The van der Waals surface area contributed by atoms with Gasteiger partial charge in [-0.1, -0.05) is 0 Å². The van der Waals surface area contributed by atoms with E-state index in [1.807, 2.05) is 31.2 Å². The van der Waals surface area contributed by atoms with Gasteiger partial charge in [-0.2, -0.15) is 4.31 Å². The van der Waals surface area contributed by atoms with Gasteiger partial charge in [-0.3, -0.25) is 4.79 Å². The number of sulfonamides is 1. The topological polar surface area (TPSA) is 79.4 Å². The Morgan fingerprint density at radius 2 is 1.55 bits per heavy atom. The monoisotopic (exact) mass is 447 g/mol. The SMILES string of the molecule is CCOc1ccc(S(=O)(=O)N(C)CC(=O)N2CCN(c3ccc(OC)cc3)CC2)cc1. The maximum absolute atomic E-state index is 12.8. The number of nitrogens with zero attached hydrogens (tertiary/aromatic N) is 3. The zero-order chi connectivity index (χ0) is 22.4. The number of ether oxygens (including phenoxy) is 2. The maximum atomic E-state index is 12.8. The van der Waals surface area contributed by atoms with Gasteiger partial charge in [0.05, 0.1) is 25.2 Å². The van der Waals surface area contributed by atoms with Crippen LogP contribution in [-0.2, 0) is 14.8 Å². The number of likely N-dealkylation sites (N-methyl/N-ethyl adjacent to an activating group) is 1. The first-order valence-electron chi connectivity index (χ1n) is 10.2. The molecule has 0 spiro atoms. The Balaban J connectivity index is 1.55. The van der Waals surface area contributed by atoms with Gasteiger partial charge in [0.25, 0.3) is 0 Å². The van der Waals surface area contributed by atoms with Crippen molar-refractivity contribution in [2.24, 2.45) is 0 Å². The molecule has 8 nitrogen and oxygen atoms in total. The average Bonchev–Trinajstić information content (AvgIpc) is 2.79. The first-order chi connectivity index (χ1) is 14.8. The fourth-order valence-electron chi connectivity index (χ4n) is 3.44. The zero-order valence-electron chi connectivity index (χ0n) is 18.2. The van der Waals surface area contributed by atoms with Gasteiger partial charge in [0.1, 0.15) is 11.5 Å². The second kappa shape index (κ2) is 10.0. The standard InChI is InChI=1S/C22H29N3O5S/c1-4-30-20-9-11-21(12-10-20)31(27,28)23(2)17-22(26)25-15-13-24(14-16-25)18-5-7-19(29-3)8-6-18/h5-12H,4,13-17H2,1-3H3. The third kappa shape index (κ3) is 5.48. The first kappa shape index (κ1) is 22.9. The summed E-state index contributed by atoms with van der Waals surface area (Å²) in [5.41, 5.74) is 1.07. The molecule has 1 saturated heterocycles. The molecule has 168 valence electrons. The summed E-state index contributed by atoms with van der Waals surface area (Å²) in [5.74, 6) is 1.20. The minimum Gasteiger partial charge on any atom is -0.497 e. The lowest BCUT2D eigenvalue weighted by molar-refractivity contribution is -0.131. The molecule has 1 amide bonds. The molecule has 0 bridgehead atoms. The molecule has 1 aliphatic heterocycles. The van der Waals surface area contributed by atoms with Crippen molar-refractivity contribution in [3.8, 4) is 11.5 Å². The van der Waals surface area contributed by atoms with Crippen molar-refractivity contribution in [3.63, 3.8) is 0 Å². The number of piperazine rings is 1. The second-order valence-corrected chi connectivity index (χ2v) is 9.28. The highest BCUT2D eigenvalue weighted by atomic mass is 32.2. The highest BCUT2D eigenvalue weighted by molar-refractivity contribution is 7.89. The van der Waals surface area contributed by atoms with Crippen molar-refractivity contribution >= 4 is 21.6 Å². The quantitative estimate of drug-likeness (QED) is 0.616. The minimum atomic E-state index is -3.76. The Bertz CT molecular complexity index is 969. The summed E-state index contributed by atoms with van der Waals surface area (Å²) >= 11 is 0. The average molecular weight is 448 g/mol. The largest absolute Gasteiger partial charge is 0.497 e. The predicted octanol–water partition coefficient (Wildman–Crippen LogP) is 2.06. The van der Waals surface area contributed by atoms with Crippen LogP contribution >= 0.6 is 0 Å². The summed E-state index contributed by atoms with van der Waals surface area (Å²) in [5, 5.41) is 0. The Morgan fingerprint density at radius 3 is 2.10 bits per heavy atom. The number of benzene rings is 2. The van der Waals surface area contributed by atoms with E-state index in [1.165, 1.54) is 19.2 Å². The van der Waals surface area contributed by atoms with E-state index >= 15 is 0 Å². The zero-order valence-corrected chi connectivity index (χ0v) is 19.0. The summed E-state index contributed by atoms with van der Waals surface area (Å²) in [6.45, 7) is 4.63. The predicted molar refractivity (Wildman–Crippen MR) is 119 cm³/mol. The van der Waals surface area contributed by atoms with E-state index in [-0.39, 0.29) is 17.3 Å². The lowest BCUT2D eigenvalue weighted by Gasteiger charge is -2.36. The van der Waals surface area contributed by atoms with Crippen LogP contribution in [0.4, 0.5) is 5.69 Å². The number of hydrogen-bond acceptors (Lipinski definition) is 6. The number of methoxy groups -OCH3 is 1. The molecule has 2 aromatic carbocycles. The lowest BCUT2D eigenvalue weighted by Crippen LogP contribution is -2.51. The van der Waals surface area contributed by atoms with Crippen molar-refractivity contribution in [1.29, 1.82) is 0 Å². The van der Waals surface area contributed by atoms with Crippen molar-refractivity contribution < 1.29 is 22.7 Å². The molecule has 9 heteroatoms. The third-order valence-electron chi connectivity index (χ3n) is 5.27. The van der Waals surface area contributed by atoms with E-state index in [2.05, 4.69) is 4.90 Å². The number of carbonyl (C=O) groups is 1. The van der Waals surface area contributed by atoms with Crippen molar-refractivity contribution in [3.05, 3.63) is 48.5 Å². The van der Waals surface area contributed by atoms with E-state index in [0.29, 0.717) is 38.5 Å². The van der Waals surface area contributed by atoms with E-state index in [4.69, 9.17) is 9.47 Å². The number of rotatable bonds is 8. The summed E-state index contributed by atoms with van der Waals surface area (Å²) < 4.78 is 37.2. The van der Waals surface area contributed by atoms with Gasteiger partial charge in [-0.25, -0.2) is 8.42 Å². The van der Waals surface area contributed by atoms with E-state index in [0.717, 1.165) is 15.7 Å². The Labute approximate surface area is 184 Å². The number of amides is 1. The molecule has 31 heavy (non-hydrogen) atoms. The van der Waals surface area contributed by atoms with Gasteiger partial charge in [0, 0.05) is 38.9 Å². The lowest BCUT2D eigenvalue weighted by atomic mass is 10.2. The van der Waals surface area contributed by atoms with Crippen LogP contribution in [0.5, 0.6) is 11.5 Å². The second-order valence-electron chi connectivity index (χ2n) is 7.23. The van der Waals surface area contributed by atoms with Gasteiger partial charge in [0.2, 0.25) is 15.9 Å². The highest BCUT2D eigenvalue weighted by Crippen LogP contribution is 2.21. The van der Waals surface area contributed by atoms with Crippen molar-refractivity contribution in [1.82, 2.24) is 9.21 Å². The Morgan fingerprint density at radius 1 is 0.968 bits per heavy atom. The number of carbonyl (C=O) groups excluding carboxylic acids is 1. The molecule has 0 aromatic heterocycles. The molecule has 3 rings (SSSR count). The van der Waals surface area contributed by atoms with Crippen LogP contribution in [-0.4, -0.2) is 77.0 Å². The summed E-state index contributed by atoms with van der Waals surface area (Å²) in [7, 11) is -0.697. The van der Waals surface area contributed by atoms with Gasteiger partial charge >= 0.3 is 0 Å². The van der Waals surface area contributed by atoms with Crippen LogP contribution in [0.2, 0.25) is 0 Å². The fourth-order valence-corrected chi connectivity index (χ4v) is 4.56. The normalized spacial score (nSPS) is 14.6. The molecule has 0 saturated carbocycles. The molecule has 2 aromatic rings. The van der Waals surface area contributed by atoms with Gasteiger partial charge < -0.3 is 19.3 Å². The molecule has 0 radical (unpaired) electrons. The number of anilines is 1. The fraction of sp³-hybridized carbons (Fsp3) is 0.409. The molecule has 1 heterocycles. The Kier molecular flexibility index (Phi) is 7.40. The van der Waals surface area contributed by atoms with Crippen molar-refractivity contribution in [2.75, 3.05) is 58.4 Å². The van der Waals surface area contributed by atoms with E-state index in [9.17, 15) is 13.2 Å². The number of hydrogen-bond donors (Lipinski definition) is 0.